The van der Waals surface area contributed by atoms with Gasteiger partial charge in [0.2, 0.25) is 0 Å². The van der Waals surface area contributed by atoms with Crippen LogP contribution in [0.5, 0.6) is 0 Å². The highest BCUT2D eigenvalue weighted by atomic mass is 32.1. The number of hydrogen-bond donors (Lipinski definition) is 0. The molecule has 0 atom stereocenters. The summed E-state index contributed by atoms with van der Waals surface area (Å²) in [4.78, 5) is 15.1. The largest absolute Gasteiger partial charge is 0.455 e. The van der Waals surface area contributed by atoms with Crippen molar-refractivity contribution in [3.05, 3.63) is 140 Å². The number of thiophene rings is 1. The summed E-state index contributed by atoms with van der Waals surface area (Å²) in [7, 11) is 0. The molecule has 0 radical (unpaired) electrons. The third kappa shape index (κ3) is 4.02. The van der Waals surface area contributed by atoms with E-state index in [-0.39, 0.29) is 0 Å². The average Bonchev–Trinajstić information content (AvgIpc) is 3.67. The summed E-state index contributed by atoms with van der Waals surface area (Å²) in [6.07, 6.45) is 0. The minimum Gasteiger partial charge on any atom is -0.455 e. The van der Waals surface area contributed by atoms with Crippen LogP contribution in [0.4, 0.5) is 0 Å². The van der Waals surface area contributed by atoms with E-state index in [9.17, 15) is 0 Å². The van der Waals surface area contributed by atoms with Crippen LogP contribution in [0.15, 0.2) is 144 Å². The second-order valence-corrected chi connectivity index (χ2v) is 11.9. The van der Waals surface area contributed by atoms with Gasteiger partial charge in [-0.1, -0.05) is 121 Å². The fraction of sp³-hybridized carbons (Fsp3) is 0. The van der Waals surface area contributed by atoms with Gasteiger partial charge in [-0.3, -0.25) is 0 Å². The third-order valence-electron chi connectivity index (χ3n) is 8.15. The molecule has 5 heteroatoms. The molecule has 0 N–H and O–H groups in total. The van der Waals surface area contributed by atoms with Crippen LogP contribution in [0, 0.1) is 0 Å². The zero-order chi connectivity index (χ0) is 29.0. The summed E-state index contributed by atoms with van der Waals surface area (Å²) in [6, 6.07) is 48.0. The lowest BCUT2D eigenvalue weighted by Crippen LogP contribution is -2.00. The lowest BCUT2D eigenvalue weighted by Gasteiger charge is -2.09. The van der Waals surface area contributed by atoms with Gasteiger partial charge >= 0.3 is 0 Å². The highest BCUT2D eigenvalue weighted by Crippen LogP contribution is 2.41. The molecule has 0 amide bonds. The van der Waals surface area contributed by atoms with E-state index in [2.05, 4.69) is 78.9 Å². The molecule has 0 saturated heterocycles. The Morgan fingerprint density at radius 2 is 1.07 bits per heavy atom. The van der Waals surface area contributed by atoms with E-state index < -0.39 is 0 Å². The maximum Gasteiger partial charge on any atom is 0.167 e. The van der Waals surface area contributed by atoms with Crippen LogP contribution in [0.3, 0.4) is 0 Å². The topological polar surface area (TPSA) is 51.8 Å². The van der Waals surface area contributed by atoms with Crippen LogP contribution in [0.25, 0.3) is 87.4 Å². The molecule has 3 heterocycles. The number of rotatable bonds is 4. The van der Waals surface area contributed by atoms with Gasteiger partial charge in [0.05, 0.1) is 5.56 Å². The van der Waals surface area contributed by atoms with Crippen LogP contribution in [0.1, 0.15) is 0 Å². The molecule has 9 aromatic rings. The fourth-order valence-electron chi connectivity index (χ4n) is 6.05. The van der Waals surface area contributed by atoms with E-state index in [1.54, 1.807) is 0 Å². The number of nitrogens with zero attached hydrogens (tertiary/aromatic N) is 3. The van der Waals surface area contributed by atoms with Crippen molar-refractivity contribution in [1.29, 1.82) is 0 Å². The Balaban J connectivity index is 1.25. The Morgan fingerprint density at radius 3 is 1.89 bits per heavy atom. The number of hydrogen-bond acceptors (Lipinski definition) is 5. The van der Waals surface area contributed by atoms with Crippen LogP contribution in [-0.2, 0) is 0 Å². The molecule has 0 aliphatic carbocycles. The molecule has 9 rings (SSSR count). The van der Waals surface area contributed by atoms with Gasteiger partial charge in [-0.25, -0.2) is 15.0 Å². The van der Waals surface area contributed by atoms with Gasteiger partial charge in [-0.05, 0) is 29.3 Å². The van der Waals surface area contributed by atoms with Crippen molar-refractivity contribution in [3.8, 4) is 45.3 Å². The van der Waals surface area contributed by atoms with Crippen molar-refractivity contribution in [2.75, 3.05) is 0 Å². The lowest BCUT2D eigenvalue weighted by atomic mass is 10.0. The molecule has 0 fully saturated rings. The smallest absolute Gasteiger partial charge is 0.167 e. The summed E-state index contributed by atoms with van der Waals surface area (Å²) in [5.74, 6) is 1.84. The quantitative estimate of drug-likeness (QED) is 0.207. The van der Waals surface area contributed by atoms with Gasteiger partial charge in [0, 0.05) is 42.1 Å². The minimum atomic E-state index is 0.585. The maximum absolute atomic E-state index is 6.37. The monoisotopic (exact) mass is 581 g/mol. The highest BCUT2D eigenvalue weighted by molar-refractivity contribution is 7.26. The third-order valence-corrected chi connectivity index (χ3v) is 9.36. The first-order valence-corrected chi connectivity index (χ1v) is 15.3. The Kier molecular flexibility index (Phi) is 5.64. The van der Waals surface area contributed by atoms with Crippen molar-refractivity contribution in [1.82, 2.24) is 15.0 Å². The molecule has 4 nitrogen and oxygen atoms in total. The van der Waals surface area contributed by atoms with Gasteiger partial charge in [-0.15, -0.1) is 11.3 Å². The summed E-state index contributed by atoms with van der Waals surface area (Å²) in [5, 5.41) is 4.61. The average molecular weight is 582 g/mol. The van der Waals surface area contributed by atoms with Crippen molar-refractivity contribution in [2.24, 2.45) is 0 Å². The van der Waals surface area contributed by atoms with Gasteiger partial charge in [0.25, 0.3) is 0 Å². The summed E-state index contributed by atoms with van der Waals surface area (Å²) < 4.78 is 8.85. The highest BCUT2D eigenvalue weighted by Gasteiger charge is 2.18. The number of fused-ring (bicyclic) bond motifs is 6. The molecule has 0 aliphatic heterocycles. The second kappa shape index (κ2) is 9.97. The molecule has 3 aromatic heterocycles. The first-order chi connectivity index (χ1) is 21.8. The number of para-hydroxylation sites is 2. The van der Waals surface area contributed by atoms with Gasteiger partial charge < -0.3 is 4.42 Å². The van der Waals surface area contributed by atoms with Crippen LogP contribution >= 0.6 is 11.3 Å². The molecule has 0 spiro atoms. The molecular weight excluding hydrogens is 559 g/mol. The van der Waals surface area contributed by atoms with E-state index in [1.807, 2.05) is 72.0 Å². The van der Waals surface area contributed by atoms with Crippen molar-refractivity contribution >= 4 is 53.4 Å². The Hall–Kier alpha value is -5.65. The van der Waals surface area contributed by atoms with E-state index in [0.29, 0.717) is 17.5 Å². The molecule has 0 unspecified atom stereocenters. The zero-order valence-corrected chi connectivity index (χ0v) is 24.3. The van der Waals surface area contributed by atoms with Gasteiger partial charge in [0.15, 0.2) is 17.5 Å². The molecule has 206 valence electrons. The summed E-state index contributed by atoms with van der Waals surface area (Å²) in [5.41, 5.74) is 6.82. The number of benzene rings is 6. The zero-order valence-electron chi connectivity index (χ0n) is 23.4. The predicted molar refractivity (Wildman–Crippen MR) is 182 cm³/mol. The second-order valence-electron chi connectivity index (χ2n) is 10.8. The number of furan rings is 1. The molecule has 0 bridgehead atoms. The van der Waals surface area contributed by atoms with E-state index in [1.165, 1.54) is 31.3 Å². The van der Waals surface area contributed by atoms with Crippen molar-refractivity contribution in [2.45, 2.75) is 0 Å². The van der Waals surface area contributed by atoms with E-state index >= 15 is 0 Å². The molecule has 0 saturated carbocycles. The maximum atomic E-state index is 6.37. The van der Waals surface area contributed by atoms with Crippen LogP contribution in [-0.4, -0.2) is 15.0 Å². The normalized spacial score (nSPS) is 11.6. The first kappa shape index (κ1) is 24.9. The van der Waals surface area contributed by atoms with Gasteiger partial charge in [0.1, 0.15) is 11.2 Å². The molecule has 44 heavy (non-hydrogen) atoms. The lowest BCUT2D eigenvalue weighted by molar-refractivity contribution is 0.669. The fourth-order valence-corrected chi connectivity index (χ4v) is 7.33. The summed E-state index contributed by atoms with van der Waals surface area (Å²) in [6.45, 7) is 0. The van der Waals surface area contributed by atoms with Crippen LogP contribution < -0.4 is 0 Å². The van der Waals surface area contributed by atoms with Crippen molar-refractivity contribution < 1.29 is 4.42 Å². The van der Waals surface area contributed by atoms with E-state index in [0.717, 1.165) is 38.6 Å². The Bertz CT molecular complexity index is 2500. The van der Waals surface area contributed by atoms with Crippen LogP contribution in [0.2, 0.25) is 0 Å². The predicted octanol–water partition coefficient (Wildman–Crippen LogP) is 10.8. The van der Waals surface area contributed by atoms with E-state index in [4.69, 9.17) is 19.4 Å². The van der Waals surface area contributed by atoms with Crippen molar-refractivity contribution in [3.63, 3.8) is 0 Å². The Morgan fingerprint density at radius 1 is 0.432 bits per heavy atom. The Labute approximate surface area is 256 Å². The molecule has 0 aliphatic rings. The standard InChI is InChI=1S/C39H23N3OS/c1-3-11-24(12-4-1)27-16-9-18-31-29-22-21-26(23-34(29)44-36(27)31)38-40-37(25-13-5-2-6-14-25)41-39(42-38)32-19-10-17-30-28-15-7-8-20-33(28)43-35(30)32/h1-23H. The van der Waals surface area contributed by atoms with Gasteiger partial charge in [-0.2, -0.15) is 0 Å². The first-order valence-electron chi connectivity index (χ1n) is 14.5. The minimum absolute atomic E-state index is 0.585. The SMILES string of the molecule is c1ccc(-c2nc(-c3ccc4c(c3)sc3c(-c5ccccc5)cccc34)nc(-c3cccc4c3oc3ccccc34)n2)cc1. The molecular formula is C39H23N3OS. The number of aromatic nitrogens is 3. The summed E-state index contributed by atoms with van der Waals surface area (Å²) >= 11 is 1.81. The molecule has 6 aromatic carbocycles.